The van der Waals surface area contributed by atoms with Crippen LogP contribution in [0.3, 0.4) is 0 Å². The van der Waals surface area contributed by atoms with Gasteiger partial charge in [0.1, 0.15) is 5.75 Å². The van der Waals surface area contributed by atoms with E-state index in [9.17, 15) is 0 Å². The predicted molar refractivity (Wildman–Crippen MR) is 144 cm³/mol. The first-order valence-electron chi connectivity index (χ1n) is 12.8. The summed E-state index contributed by atoms with van der Waals surface area (Å²) in [5.74, 6) is 2.98. The molecule has 182 valence electrons. The van der Waals surface area contributed by atoms with Crippen molar-refractivity contribution in [2.75, 3.05) is 28.3 Å². The third-order valence-corrected chi connectivity index (χ3v) is 13.6. The highest BCUT2D eigenvalue weighted by Crippen LogP contribution is 2.61. The van der Waals surface area contributed by atoms with Crippen molar-refractivity contribution < 1.29 is 9.33 Å². The minimum Gasteiger partial charge on any atom is -0.497 e. The Morgan fingerprint density at radius 1 is 1.09 bits per heavy atom. The maximum absolute atomic E-state index is 5.59. The third-order valence-electron chi connectivity index (χ3n) is 8.66. The molecule has 4 heteroatoms. The summed E-state index contributed by atoms with van der Waals surface area (Å²) in [6.45, 7) is 19.8. The molecule has 0 saturated heterocycles. The molecule has 0 N–H and O–H groups in total. The summed E-state index contributed by atoms with van der Waals surface area (Å²) in [6.07, 6.45) is 6.69. The van der Waals surface area contributed by atoms with Crippen LogP contribution in [0, 0.1) is 17.8 Å². The number of nitrogens with zero attached hydrogens (tertiary/aromatic N) is 2. The molecule has 1 saturated carbocycles. The van der Waals surface area contributed by atoms with E-state index in [4.69, 9.17) is 4.74 Å². The largest absolute Gasteiger partial charge is 0.497 e. The first kappa shape index (κ1) is 24.8. The molecule has 3 nitrogen and oxygen atoms in total. The number of methoxy groups -OCH3 is 1. The van der Waals surface area contributed by atoms with E-state index >= 15 is 0 Å². The number of fused-ring (bicyclic) bond motifs is 4. The molecule has 1 aromatic carbocycles. The average molecular weight is 468 g/mol. The van der Waals surface area contributed by atoms with Crippen molar-refractivity contribution in [2.24, 2.45) is 17.8 Å². The highest BCUT2D eigenvalue weighted by molar-refractivity contribution is 6.76. The topological polar surface area (TPSA) is 12.5 Å². The predicted octanol–water partition coefficient (Wildman–Crippen LogP) is 6.88. The number of ether oxygens (including phenoxy) is 1. The van der Waals surface area contributed by atoms with Gasteiger partial charge in [-0.25, -0.2) is 0 Å². The van der Waals surface area contributed by atoms with E-state index in [1.54, 1.807) is 12.7 Å². The van der Waals surface area contributed by atoms with E-state index in [2.05, 4.69) is 111 Å². The van der Waals surface area contributed by atoms with Gasteiger partial charge >= 0.3 is 0 Å². The van der Waals surface area contributed by atoms with Crippen LogP contribution >= 0.6 is 0 Å². The van der Waals surface area contributed by atoms with Gasteiger partial charge in [0.2, 0.25) is 0 Å². The van der Waals surface area contributed by atoms with Gasteiger partial charge in [0, 0.05) is 5.41 Å². The van der Waals surface area contributed by atoms with Crippen LogP contribution in [0.25, 0.3) is 5.57 Å². The van der Waals surface area contributed by atoms with Crippen molar-refractivity contribution >= 4 is 13.8 Å². The Morgan fingerprint density at radius 2 is 1.73 bits per heavy atom. The molecule has 33 heavy (non-hydrogen) atoms. The fourth-order valence-electron chi connectivity index (χ4n) is 8.54. The van der Waals surface area contributed by atoms with Crippen LogP contribution in [0.4, 0.5) is 0 Å². The molecule has 1 aromatic rings. The Kier molecular flexibility index (Phi) is 5.68. The van der Waals surface area contributed by atoms with Gasteiger partial charge in [-0.3, -0.25) is 4.59 Å². The number of hydrogen-bond acceptors (Lipinski definition) is 2. The van der Waals surface area contributed by atoms with Gasteiger partial charge in [0.15, 0.2) is 8.24 Å². The Bertz CT molecular complexity index is 991. The summed E-state index contributed by atoms with van der Waals surface area (Å²) in [5.41, 5.74) is 6.76. The minimum absolute atomic E-state index is 0.0204. The molecular formula is C29H47N2OSi+. The van der Waals surface area contributed by atoms with Crippen molar-refractivity contribution in [1.82, 2.24) is 4.67 Å². The second-order valence-corrected chi connectivity index (χ2v) is 18.2. The zero-order valence-corrected chi connectivity index (χ0v) is 24.2. The van der Waals surface area contributed by atoms with E-state index in [0.717, 1.165) is 21.8 Å². The summed E-state index contributed by atoms with van der Waals surface area (Å²) in [5, 5.41) is 0. The van der Waals surface area contributed by atoms with Gasteiger partial charge in [0.05, 0.1) is 33.8 Å². The monoisotopic (exact) mass is 467 g/mol. The fourth-order valence-corrected chi connectivity index (χ4v) is 14.9. The summed E-state index contributed by atoms with van der Waals surface area (Å²) in [6, 6.07) is 6.68. The van der Waals surface area contributed by atoms with Crippen molar-refractivity contribution in [3.63, 3.8) is 0 Å². The number of benzene rings is 1. The van der Waals surface area contributed by atoms with Crippen molar-refractivity contribution in [3.05, 3.63) is 47.1 Å². The molecule has 0 aliphatic heterocycles. The SMILES string of the molecule is COc1ccc2c(c1)C(C)(C)C1=CC3C(C=C12)CC(C)C3[Si](C)(C)N(C(C)(C)C)[N+](C)(C)C. The van der Waals surface area contributed by atoms with E-state index in [-0.39, 0.29) is 11.0 Å². The summed E-state index contributed by atoms with van der Waals surface area (Å²) >= 11 is 0. The van der Waals surface area contributed by atoms with Crippen LogP contribution in [0.5, 0.6) is 5.75 Å². The zero-order chi connectivity index (χ0) is 24.7. The molecule has 3 aliphatic carbocycles. The molecule has 1 fully saturated rings. The number of rotatable bonds is 4. The summed E-state index contributed by atoms with van der Waals surface area (Å²) in [7, 11) is 7.03. The van der Waals surface area contributed by atoms with Crippen molar-refractivity contribution in [1.29, 1.82) is 0 Å². The van der Waals surface area contributed by atoms with Crippen LogP contribution in [-0.4, -0.2) is 51.3 Å². The van der Waals surface area contributed by atoms with Gasteiger partial charge < -0.3 is 4.74 Å². The molecule has 4 rings (SSSR count). The smallest absolute Gasteiger partial charge is 0.191 e. The maximum atomic E-state index is 5.59. The Hall–Kier alpha value is -1.36. The van der Waals surface area contributed by atoms with Crippen LogP contribution in [0.15, 0.2) is 35.9 Å². The molecule has 0 spiro atoms. The Balaban J connectivity index is 1.81. The van der Waals surface area contributed by atoms with Crippen molar-refractivity contribution in [3.8, 4) is 5.75 Å². The van der Waals surface area contributed by atoms with Crippen LogP contribution in [0.1, 0.15) is 59.1 Å². The standard InChI is InChI=1S/C29H47N2OSi/c1-19-15-20-16-24-22-14-13-21(32-10)17-25(22)29(5,6)26(24)18-23(20)27(19)33(11,12)30(28(2,3)4)31(7,8)9/h13-14,16-20,23,27H,15H2,1-12H3/q+1. The average Bonchev–Trinajstić information content (AvgIpc) is 3.08. The molecule has 4 atom stereocenters. The first-order chi connectivity index (χ1) is 15.0. The minimum atomic E-state index is -1.81. The molecule has 3 aliphatic rings. The van der Waals surface area contributed by atoms with Crippen LogP contribution in [0.2, 0.25) is 18.6 Å². The van der Waals surface area contributed by atoms with E-state index in [1.165, 1.54) is 23.1 Å². The zero-order valence-electron chi connectivity index (χ0n) is 23.2. The van der Waals surface area contributed by atoms with Gasteiger partial charge in [0.25, 0.3) is 0 Å². The normalized spacial score (nSPS) is 28.8. The first-order valence-corrected chi connectivity index (χ1v) is 15.8. The quantitative estimate of drug-likeness (QED) is 0.272. The highest BCUT2D eigenvalue weighted by Gasteiger charge is 2.58. The molecule has 0 bridgehead atoms. The molecule has 0 aromatic heterocycles. The molecule has 0 radical (unpaired) electrons. The highest BCUT2D eigenvalue weighted by atomic mass is 28.3. The lowest BCUT2D eigenvalue weighted by Gasteiger charge is -2.55. The van der Waals surface area contributed by atoms with Crippen LogP contribution in [-0.2, 0) is 5.41 Å². The van der Waals surface area contributed by atoms with E-state index in [1.807, 2.05) is 0 Å². The summed E-state index contributed by atoms with van der Waals surface area (Å²) < 4.78 is 9.36. The molecule has 4 unspecified atom stereocenters. The molecule has 0 heterocycles. The van der Waals surface area contributed by atoms with Gasteiger partial charge in [-0.05, 0) is 84.9 Å². The lowest BCUT2D eigenvalue weighted by Crippen LogP contribution is -2.72. The van der Waals surface area contributed by atoms with E-state index in [0.29, 0.717) is 11.8 Å². The van der Waals surface area contributed by atoms with Crippen molar-refractivity contribution in [2.45, 2.75) is 77.6 Å². The molecular weight excluding hydrogens is 420 g/mol. The number of hydrogen-bond donors (Lipinski definition) is 0. The molecule has 0 amide bonds. The fraction of sp³-hybridized carbons (Fsp3) is 0.655. The second-order valence-electron chi connectivity index (χ2n) is 13.8. The van der Waals surface area contributed by atoms with Crippen LogP contribution < -0.4 is 4.74 Å². The number of allylic oxidation sites excluding steroid dienone is 4. The lowest BCUT2D eigenvalue weighted by molar-refractivity contribution is -0.978. The maximum Gasteiger partial charge on any atom is 0.191 e. The lowest BCUT2D eigenvalue weighted by atomic mass is 9.76. The Morgan fingerprint density at radius 3 is 2.27 bits per heavy atom. The second kappa shape index (κ2) is 7.57. The Labute approximate surface area is 204 Å². The van der Waals surface area contributed by atoms with E-state index < -0.39 is 8.24 Å². The van der Waals surface area contributed by atoms with Gasteiger partial charge in [-0.2, -0.15) is 4.67 Å². The third kappa shape index (κ3) is 3.77. The van der Waals surface area contributed by atoms with Gasteiger partial charge in [-0.15, -0.1) is 0 Å². The number of quaternary nitrogens is 1. The van der Waals surface area contributed by atoms with Gasteiger partial charge in [-0.1, -0.05) is 52.1 Å². The summed E-state index contributed by atoms with van der Waals surface area (Å²) in [4.78, 5) is 0.